The molecule has 0 radical (unpaired) electrons. The van der Waals surface area contributed by atoms with Crippen LogP contribution in [0.2, 0.25) is 10.0 Å². The minimum atomic E-state index is -1.63. The maximum Gasteiger partial charge on any atom is 0.258 e. The number of halogens is 5. The van der Waals surface area contributed by atoms with Crippen molar-refractivity contribution in [3.8, 4) is 11.5 Å². The van der Waals surface area contributed by atoms with Crippen LogP contribution in [-0.2, 0) is 32.0 Å². The number of Topliss-reactive ketones (excluding diaryl/α,β-unsaturated/α-hetero) is 2. The number of amides is 4. The number of rotatable bonds is 23. The van der Waals surface area contributed by atoms with Gasteiger partial charge in [-0.15, -0.1) is 34.8 Å². The van der Waals surface area contributed by atoms with Crippen LogP contribution >= 0.6 is 58.0 Å². The van der Waals surface area contributed by atoms with Crippen LogP contribution in [0.4, 0.5) is 34.1 Å². The average molecular weight is 1070 g/mol. The first-order valence-corrected chi connectivity index (χ1v) is 24.3. The lowest BCUT2D eigenvalue weighted by Crippen LogP contribution is -2.32. The van der Waals surface area contributed by atoms with Crippen molar-refractivity contribution < 1.29 is 38.2 Å². The van der Waals surface area contributed by atoms with Crippen molar-refractivity contribution in [3.63, 3.8) is 0 Å². The molecular formula is C50H49Cl5N8O8. The Bertz CT molecular complexity index is 2860. The van der Waals surface area contributed by atoms with Gasteiger partial charge in [-0.25, -0.2) is 0 Å². The van der Waals surface area contributed by atoms with Gasteiger partial charge in [-0.3, -0.25) is 28.8 Å². The number of benzene rings is 5. The first kappa shape index (κ1) is 55.5. The molecule has 0 aliphatic rings. The number of aryl methyl sites for hydroxylation is 2. The number of azo groups is 2. The van der Waals surface area contributed by atoms with Gasteiger partial charge < -0.3 is 30.7 Å². The molecule has 5 aromatic carbocycles. The summed E-state index contributed by atoms with van der Waals surface area (Å²) in [6, 6.07) is 20.2. The summed E-state index contributed by atoms with van der Waals surface area (Å²) >= 11 is 31.4. The van der Waals surface area contributed by atoms with E-state index in [0.717, 1.165) is 18.1 Å². The summed E-state index contributed by atoms with van der Waals surface area (Å²) in [6.07, 6.45) is 0.956. The Morgan fingerprint density at radius 2 is 1.01 bits per heavy atom. The monoisotopic (exact) mass is 1060 g/mol. The molecule has 0 aliphatic heterocycles. The molecule has 0 aliphatic carbocycles. The van der Waals surface area contributed by atoms with Crippen LogP contribution in [0.5, 0.6) is 11.5 Å². The largest absolute Gasteiger partial charge is 0.494 e. The van der Waals surface area contributed by atoms with Gasteiger partial charge in [0.1, 0.15) is 11.5 Å². The summed E-state index contributed by atoms with van der Waals surface area (Å²) in [5, 5.41) is 26.7. The molecule has 16 nitrogen and oxygen atoms in total. The highest BCUT2D eigenvalue weighted by molar-refractivity contribution is 6.35. The molecule has 4 N–H and O–H groups in total. The van der Waals surface area contributed by atoms with Gasteiger partial charge in [0, 0.05) is 46.6 Å². The first-order valence-electron chi connectivity index (χ1n) is 22.0. The Morgan fingerprint density at radius 1 is 0.563 bits per heavy atom. The number of ether oxygens (including phenoxy) is 2. The Balaban J connectivity index is 1.28. The van der Waals surface area contributed by atoms with Crippen molar-refractivity contribution in [2.24, 2.45) is 20.5 Å². The fourth-order valence-corrected chi connectivity index (χ4v) is 7.75. The number of ketones is 2. The molecule has 21 heteroatoms. The van der Waals surface area contributed by atoms with Crippen LogP contribution in [-0.4, -0.2) is 72.3 Å². The zero-order valence-electron chi connectivity index (χ0n) is 39.1. The fourth-order valence-electron chi connectivity index (χ4n) is 6.76. The second kappa shape index (κ2) is 26.7. The van der Waals surface area contributed by atoms with Crippen LogP contribution in [0, 0.1) is 0 Å². The van der Waals surface area contributed by atoms with E-state index in [9.17, 15) is 28.8 Å². The van der Waals surface area contributed by atoms with Gasteiger partial charge in [0.15, 0.2) is 11.6 Å². The Hall–Kier alpha value is -6.43. The number of hydrogen-bond acceptors (Lipinski definition) is 12. The molecule has 71 heavy (non-hydrogen) atoms. The van der Waals surface area contributed by atoms with Gasteiger partial charge in [0.25, 0.3) is 23.6 Å². The van der Waals surface area contributed by atoms with Crippen molar-refractivity contribution in [1.82, 2.24) is 0 Å². The van der Waals surface area contributed by atoms with E-state index in [2.05, 4.69) is 41.7 Å². The summed E-state index contributed by atoms with van der Waals surface area (Å²) in [7, 11) is 0. The fraction of sp³-hybridized carbons (Fsp3) is 0.280. The molecule has 0 spiro atoms. The van der Waals surface area contributed by atoms with Crippen molar-refractivity contribution in [2.45, 2.75) is 64.9 Å². The van der Waals surface area contributed by atoms with E-state index in [0.29, 0.717) is 66.3 Å². The lowest BCUT2D eigenvalue weighted by atomic mass is 10.1. The lowest BCUT2D eigenvalue weighted by molar-refractivity contribution is -0.127. The van der Waals surface area contributed by atoms with Crippen LogP contribution < -0.4 is 30.7 Å². The molecule has 3 atom stereocenters. The van der Waals surface area contributed by atoms with Gasteiger partial charge in [-0.05, 0) is 131 Å². The molecule has 0 fully saturated rings. The molecule has 372 valence electrons. The molecular weight excluding hydrogens is 1020 g/mol. The molecule has 0 saturated carbocycles. The van der Waals surface area contributed by atoms with E-state index < -0.39 is 52.7 Å². The Morgan fingerprint density at radius 3 is 1.42 bits per heavy atom. The van der Waals surface area contributed by atoms with Crippen molar-refractivity contribution in [3.05, 3.63) is 129 Å². The maximum absolute atomic E-state index is 13.6. The van der Waals surface area contributed by atoms with Crippen LogP contribution in [0.25, 0.3) is 0 Å². The first-order chi connectivity index (χ1) is 34.0. The van der Waals surface area contributed by atoms with Crippen molar-refractivity contribution >= 4 is 127 Å². The van der Waals surface area contributed by atoms with E-state index in [1.165, 1.54) is 61.5 Å². The topological polar surface area (TPSA) is 218 Å². The van der Waals surface area contributed by atoms with Crippen LogP contribution in [0.15, 0.2) is 111 Å². The van der Waals surface area contributed by atoms with E-state index in [-0.39, 0.29) is 43.9 Å². The highest BCUT2D eigenvalue weighted by Crippen LogP contribution is 2.33. The molecule has 5 rings (SSSR count). The van der Waals surface area contributed by atoms with E-state index in [4.69, 9.17) is 67.5 Å². The van der Waals surface area contributed by atoms with Crippen molar-refractivity contribution in [2.75, 3.05) is 46.2 Å². The van der Waals surface area contributed by atoms with Gasteiger partial charge in [-0.2, -0.15) is 20.5 Å². The van der Waals surface area contributed by atoms with Gasteiger partial charge in [0.05, 0.1) is 51.1 Å². The second-order valence-electron chi connectivity index (χ2n) is 15.5. The number of carbonyl (C=O) groups excluding carboxylic acids is 6. The molecule has 0 aromatic heterocycles. The Labute approximate surface area is 435 Å². The number of hydrogen-bond donors (Lipinski definition) is 4. The second-order valence-corrected chi connectivity index (χ2v) is 17.7. The summed E-state index contributed by atoms with van der Waals surface area (Å²) in [4.78, 5) is 79.5. The number of anilines is 4. The minimum absolute atomic E-state index is 0.0481. The van der Waals surface area contributed by atoms with Crippen LogP contribution in [0.1, 0.15) is 77.4 Å². The maximum atomic E-state index is 13.6. The lowest BCUT2D eigenvalue weighted by Gasteiger charge is -2.17. The van der Waals surface area contributed by atoms with Crippen LogP contribution in [0.3, 0.4) is 0 Å². The third kappa shape index (κ3) is 15.5. The summed E-state index contributed by atoms with van der Waals surface area (Å²) in [6.45, 7) is 8.47. The molecule has 4 amide bonds. The predicted octanol–water partition coefficient (Wildman–Crippen LogP) is 12.5. The van der Waals surface area contributed by atoms with Gasteiger partial charge in [0.2, 0.25) is 12.1 Å². The molecule has 3 unspecified atom stereocenters. The summed E-state index contributed by atoms with van der Waals surface area (Å²) < 4.78 is 11.2. The minimum Gasteiger partial charge on any atom is -0.494 e. The number of carbonyl (C=O) groups is 6. The average Bonchev–Trinajstić information content (AvgIpc) is 3.32. The van der Waals surface area contributed by atoms with E-state index in [1.54, 1.807) is 31.2 Å². The highest BCUT2D eigenvalue weighted by atomic mass is 35.5. The molecule has 0 saturated heterocycles. The number of nitrogens with zero attached hydrogens (tertiary/aromatic N) is 4. The van der Waals surface area contributed by atoms with E-state index in [1.807, 2.05) is 26.0 Å². The van der Waals surface area contributed by atoms with Gasteiger partial charge in [-0.1, -0.05) is 35.3 Å². The normalized spacial score (nSPS) is 12.5. The third-order valence-electron chi connectivity index (χ3n) is 10.2. The summed E-state index contributed by atoms with van der Waals surface area (Å²) in [5.74, 6) is -2.37. The van der Waals surface area contributed by atoms with Crippen molar-refractivity contribution in [1.29, 1.82) is 0 Å². The zero-order valence-corrected chi connectivity index (χ0v) is 42.9. The highest BCUT2D eigenvalue weighted by Gasteiger charge is 2.27. The summed E-state index contributed by atoms with van der Waals surface area (Å²) in [5.41, 5.74) is 3.58. The molecule has 0 bridgehead atoms. The quantitative estimate of drug-likeness (QED) is 0.0279. The van der Waals surface area contributed by atoms with Gasteiger partial charge >= 0.3 is 0 Å². The SMILES string of the molecule is CCOc1ccc(CCCl)c(NC(=O)c2cc(N=NC(C(C)=O)C(=O)Nc3ccc(NC(=O)C(N=Nc4ccc(Cl)c(C(=O)Nc5cc(OCC)ccc5CCCl)c4)C(C)=O)c(C(C)Cl)c3)ccc2Cl)c1. The third-order valence-corrected chi connectivity index (χ3v) is 11.5. The number of nitrogens with one attached hydrogen (secondary N) is 4. The van der Waals surface area contributed by atoms with E-state index >= 15 is 0 Å². The Kier molecular flexibility index (Phi) is 20.9. The molecule has 0 heterocycles. The predicted molar refractivity (Wildman–Crippen MR) is 279 cm³/mol. The molecule has 5 aromatic rings. The smallest absolute Gasteiger partial charge is 0.258 e. The zero-order chi connectivity index (χ0) is 51.8. The standard InChI is InChI=1S/C50H49Cl5N8O8/c1-6-70-35-13-8-30(18-20-51)43(25-35)58-47(66)38-23-33(10-15-40(38)54)60-62-45(28(4)64)49(68)56-32-12-17-42(37(22-32)27(3)53)57-50(69)46(29(5)65)63-61-34-11-16-41(55)39(24-34)48(67)59-44-26-36(71-7-2)14-9-31(44)19-21-52/h8-17,22-27,45-46H,6-7,18-21H2,1-5H3,(H,56,68)(H,57,69)(H,58,66)(H,59,67). The number of alkyl halides is 3.